The maximum absolute atomic E-state index is 15.0. The lowest BCUT2D eigenvalue weighted by atomic mass is 10.0. The molecule has 0 unspecified atom stereocenters. The number of anilines is 1. The fourth-order valence-electron chi connectivity index (χ4n) is 4.95. The third kappa shape index (κ3) is 8.97. The van der Waals surface area contributed by atoms with Gasteiger partial charge in [-0.1, -0.05) is 72.3 Å². The average molecular weight is 670 g/mol. The van der Waals surface area contributed by atoms with E-state index in [1.807, 2.05) is 0 Å². The Bertz CT molecular complexity index is 1800. The second kappa shape index (κ2) is 14.8. The van der Waals surface area contributed by atoms with Crippen molar-refractivity contribution in [3.8, 4) is 0 Å². The summed E-state index contributed by atoms with van der Waals surface area (Å²) in [6, 6.07) is 22.1. The largest absolute Gasteiger partial charge is 0.416 e. The Hall–Kier alpha value is -4.71. The van der Waals surface area contributed by atoms with Gasteiger partial charge in [0.25, 0.3) is 10.0 Å². The fourth-order valence-corrected chi connectivity index (χ4v) is 6.35. The highest BCUT2D eigenvalue weighted by molar-refractivity contribution is 7.92. The summed E-state index contributed by atoms with van der Waals surface area (Å²) in [5, 5.41) is 2.79. The van der Waals surface area contributed by atoms with E-state index in [4.69, 9.17) is 0 Å². The van der Waals surface area contributed by atoms with E-state index in [0.29, 0.717) is 15.9 Å². The van der Waals surface area contributed by atoms with Crippen LogP contribution < -0.4 is 9.62 Å². The second-order valence-electron chi connectivity index (χ2n) is 11.4. The van der Waals surface area contributed by atoms with Gasteiger partial charge in [-0.2, -0.15) is 13.2 Å². The highest BCUT2D eigenvalue weighted by atomic mass is 32.2. The standard InChI is InChI=1S/C35H35F4N3O4S/c1-24(2)40-34(44)32(20-26-10-5-4-6-11-26)41(22-27-12-7-8-15-31(27)36)33(43)23-42(29-14-9-13-28(21-29)35(37,38)39)47(45,46)30-18-16-25(3)17-19-30/h4-19,21,24,32H,20,22-23H2,1-3H3,(H,40,44)/t32-/m0/s1. The molecule has 47 heavy (non-hydrogen) atoms. The minimum Gasteiger partial charge on any atom is -0.352 e. The SMILES string of the molecule is Cc1ccc(S(=O)(=O)N(CC(=O)N(Cc2ccccc2F)[C@@H](Cc2ccccc2)C(=O)NC(C)C)c2cccc(C(F)(F)F)c2)cc1. The molecule has 0 aliphatic rings. The van der Waals surface area contributed by atoms with Crippen LogP contribution in [0.2, 0.25) is 0 Å². The monoisotopic (exact) mass is 669 g/mol. The van der Waals surface area contributed by atoms with Crippen molar-refractivity contribution in [1.82, 2.24) is 10.2 Å². The summed E-state index contributed by atoms with van der Waals surface area (Å²) in [5.41, 5.74) is -0.0616. The van der Waals surface area contributed by atoms with Crippen LogP contribution in [-0.4, -0.2) is 43.8 Å². The summed E-state index contributed by atoms with van der Waals surface area (Å²) < 4.78 is 84.9. The molecule has 12 heteroatoms. The van der Waals surface area contributed by atoms with Crippen molar-refractivity contribution in [2.75, 3.05) is 10.8 Å². The van der Waals surface area contributed by atoms with Gasteiger partial charge in [-0.15, -0.1) is 0 Å². The Balaban J connectivity index is 1.86. The number of halogens is 4. The third-order valence-corrected chi connectivity index (χ3v) is 9.14. The molecule has 4 rings (SSSR count). The number of benzene rings is 4. The summed E-state index contributed by atoms with van der Waals surface area (Å²) >= 11 is 0. The van der Waals surface area contributed by atoms with E-state index in [0.717, 1.165) is 28.7 Å². The van der Waals surface area contributed by atoms with Crippen LogP contribution in [0.4, 0.5) is 23.2 Å². The first-order chi connectivity index (χ1) is 22.2. The Morgan fingerprint density at radius 1 is 0.851 bits per heavy atom. The highest BCUT2D eigenvalue weighted by Gasteiger charge is 2.36. The first-order valence-electron chi connectivity index (χ1n) is 14.8. The molecule has 0 radical (unpaired) electrons. The predicted octanol–water partition coefficient (Wildman–Crippen LogP) is 6.51. The zero-order valence-corrected chi connectivity index (χ0v) is 26.9. The number of sulfonamides is 1. The van der Waals surface area contributed by atoms with Gasteiger partial charge >= 0.3 is 6.18 Å². The lowest BCUT2D eigenvalue weighted by Gasteiger charge is -2.34. The van der Waals surface area contributed by atoms with E-state index in [-0.39, 0.29) is 22.9 Å². The molecule has 7 nitrogen and oxygen atoms in total. The topological polar surface area (TPSA) is 86.8 Å². The van der Waals surface area contributed by atoms with Crippen molar-refractivity contribution in [1.29, 1.82) is 0 Å². The van der Waals surface area contributed by atoms with Crippen molar-refractivity contribution in [3.05, 3.63) is 131 Å². The van der Waals surface area contributed by atoms with Crippen LogP contribution in [0.5, 0.6) is 0 Å². The van der Waals surface area contributed by atoms with Crippen LogP contribution in [0.1, 0.15) is 36.1 Å². The van der Waals surface area contributed by atoms with Crippen molar-refractivity contribution < 1.29 is 35.6 Å². The minimum atomic E-state index is -4.80. The lowest BCUT2D eigenvalue weighted by molar-refractivity contribution is -0.140. The molecule has 1 N–H and O–H groups in total. The van der Waals surface area contributed by atoms with Crippen LogP contribution in [-0.2, 0) is 38.8 Å². The predicted molar refractivity (Wildman–Crippen MR) is 171 cm³/mol. The molecule has 0 bridgehead atoms. The highest BCUT2D eigenvalue weighted by Crippen LogP contribution is 2.33. The first-order valence-corrected chi connectivity index (χ1v) is 16.2. The second-order valence-corrected chi connectivity index (χ2v) is 13.2. The summed E-state index contributed by atoms with van der Waals surface area (Å²) in [7, 11) is -4.62. The summed E-state index contributed by atoms with van der Waals surface area (Å²) in [6.45, 7) is 3.79. The van der Waals surface area contributed by atoms with E-state index in [9.17, 15) is 35.6 Å². The third-order valence-electron chi connectivity index (χ3n) is 7.35. The van der Waals surface area contributed by atoms with E-state index in [1.165, 1.54) is 42.5 Å². The Morgan fingerprint density at radius 2 is 1.49 bits per heavy atom. The lowest BCUT2D eigenvalue weighted by Crippen LogP contribution is -2.54. The molecule has 0 saturated heterocycles. The van der Waals surface area contributed by atoms with Gasteiger partial charge in [-0.05, 0) is 62.7 Å². The number of aryl methyl sites for hydroxylation is 1. The van der Waals surface area contributed by atoms with Crippen LogP contribution in [0.3, 0.4) is 0 Å². The van der Waals surface area contributed by atoms with Crippen molar-refractivity contribution in [2.45, 2.75) is 56.9 Å². The molecule has 4 aromatic carbocycles. The molecule has 0 aliphatic heterocycles. The molecule has 248 valence electrons. The van der Waals surface area contributed by atoms with E-state index >= 15 is 0 Å². The zero-order valence-electron chi connectivity index (χ0n) is 26.0. The maximum Gasteiger partial charge on any atom is 0.416 e. The number of amides is 2. The molecule has 1 atom stereocenters. The Morgan fingerprint density at radius 3 is 2.11 bits per heavy atom. The van der Waals surface area contributed by atoms with Gasteiger partial charge < -0.3 is 10.2 Å². The van der Waals surface area contributed by atoms with Gasteiger partial charge in [0.1, 0.15) is 18.4 Å². The van der Waals surface area contributed by atoms with Crippen LogP contribution >= 0.6 is 0 Å². The molecule has 2 amide bonds. The minimum absolute atomic E-state index is 0.00609. The number of carbonyl (C=O) groups is 2. The molecule has 0 saturated carbocycles. The number of hydrogen-bond donors (Lipinski definition) is 1. The number of rotatable bonds is 12. The number of hydrogen-bond acceptors (Lipinski definition) is 4. The summed E-state index contributed by atoms with van der Waals surface area (Å²) in [5.74, 6) is -2.16. The summed E-state index contributed by atoms with van der Waals surface area (Å²) in [4.78, 5) is 28.9. The molecule has 0 fully saturated rings. The van der Waals surface area contributed by atoms with Crippen molar-refractivity contribution >= 4 is 27.5 Å². The normalized spacial score (nSPS) is 12.4. The van der Waals surface area contributed by atoms with Crippen LogP contribution in [0.15, 0.2) is 108 Å². The van der Waals surface area contributed by atoms with E-state index in [1.54, 1.807) is 57.2 Å². The quantitative estimate of drug-likeness (QED) is 0.174. The van der Waals surface area contributed by atoms with Gasteiger partial charge in [0.05, 0.1) is 16.1 Å². The van der Waals surface area contributed by atoms with Gasteiger partial charge in [0, 0.05) is 24.6 Å². The number of nitrogens with zero attached hydrogens (tertiary/aromatic N) is 2. The van der Waals surface area contributed by atoms with Crippen LogP contribution in [0, 0.1) is 12.7 Å². The molecule has 0 aliphatic carbocycles. The van der Waals surface area contributed by atoms with Crippen molar-refractivity contribution in [3.63, 3.8) is 0 Å². The van der Waals surface area contributed by atoms with Gasteiger partial charge in [-0.25, -0.2) is 12.8 Å². The average Bonchev–Trinajstić information content (AvgIpc) is 3.02. The number of alkyl halides is 3. The van der Waals surface area contributed by atoms with Gasteiger partial charge in [0.15, 0.2) is 0 Å². The van der Waals surface area contributed by atoms with Gasteiger partial charge in [-0.3, -0.25) is 13.9 Å². The van der Waals surface area contributed by atoms with Crippen LogP contribution in [0.25, 0.3) is 0 Å². The smallest absolute Gasteiger partial charge is 0.352 e. The fraction of sp³-hybridized carbons (Fsp3) is 0.257. The molecule has 0 aromatic heterocycles. The molecular weight excluding hydrogens is 634 g/mol. The number of nitrogens with one attached hydrogen (secondary N) is 1. The first kappa shape index (κ1) is 35.1. The Kier molecular flexibility index (Phi) is 11.1. The molecule has 4 aromatic rings. The van der Waals surface area contributed by atoms with Gasteiger partial charge in [0.2, 0.25) is 11.8 Å². The molecule has 0 spiro atoms. The number of carbonyl (C=O) groups excluding carboxylic acids is 2. The maximum atomic E-state index is 15.0. The van der Waals surface area contributed by atoms with E-state index in [2.05, 4.69) is 5.32 Å². The van der Waals surface area contributed by atoms with Crippen molar-refractivity contribution in [2.24, 2.45) is 0 Å². The summed E-state index contributed by atoms with van der Waals surface area (Å²) in [6.07, 6.45) is -4.81. The molecular formula is C35H35F4N3O4S. The Labute approximate surface area is 271 Å². The zero-order chi connectivity index (χ0) is 34.4. The molecule has 0 heterocycles. The van der Waals surface area contributed by atoms with E-state index < -0.39 is 64.2 Å².